The minimum atomic E-state index is -0.801. The maximum absolute atomic E-state index is 12.3. The lowest BCUT2D eigenvalue weighted by Gasteiger charge is -2.15. The van der Waals surface area contributed by atoms with Crippen molar-refractivity contribution in [2.24, 2.45) is 5.92 Å². The molecule has 3 unspecified atom stereocenters. The van der Waals surface area contributed by atoms with Gasteiger partial charge in [-0.25, -0.2) is 0 Å². The molecule has 0 amide bonds. The van der Waals surface area contributed by atoms with Gasteiger partial charge in [-0.05, 0) is 57.3 Å². The summed E-state index contributed by atoms with van der Waals surface area (Å²) in [5.74, 6) is 0.252. The number of hydrogen-bond donors (Lipinski definition) is 1. The summed E-state index contributed by atoms with van der Waals surface area (Å²) in [5, 5.41) is 9.62. The van der Waals surface area contributed by atoms with Gasteiger partial charge in [0.1, 0.15) is 6.61 Å². The van der Waals surface area contributed by atoms with Crippen LogP contribution in [0, 0.1) is 5.92 Å². The molecule has 1 aliphatic rings. The van der Waals surface area contributed by atoms with Crippen LogP contribution in [0.5, 0.6) is 0 Å². The van der Waals surface area contributed by atoms with Crippen molar-refractivity contribution in [1.29, 1.82) is 0 Å². The van der Waals surface area contributed by atoms with Crippen molar-refractivity contribution in [3.63, 3.8) is 0 Å². The summed E-state index contributed by atoms with van der Waals surface area (Å²) in [7, 11) is 0. The fourth-order valence-corrected chi connectivity index (χ4v) is 6.91. The van der Waals surface area contributed by atoms with E-state index in [2.05, 4.69) is 57.2 Å². The van der Waals surface area contributed by atoms with Gasteiger partial charge in [-0.2, -0.15) is 0 Å². The molecule has 0 aromatic rings. The summed E-state index contributed by atoms with van der Waals surface area (Å²) >= 11 is 0. The molecular weight excluding hydrogens is 673 g/mol. The quantitative estimate of drug-likeness (QED) is 0.0290. The van der Waals surface area contributed by atoms with Crippen molar-refractivity contribution in [1.82, 2.24) is 0 Å². The summed E-state index contributed by atoms with van der Waals surface area (Å²) in [4.78, 5) is 24.5. The van der Waals surface area contributed by atoms with Gasteiger partial charge in [0.25, 0.3) is 0 Å². The van der Waals surface area contributed by atoms with Gasteiger partial charge in [-0.3, -0.25) is 9.59 Å². The van der Waals surface area contributed by atoms with Crippen molar-refractivity contribution < 1.29 is 28.9 Å². The number of carbonyl (C=O) groups excluding carboxylic acids is 2. The van der Waals surface area contributed by atoms with Crippen LogP contribution in [0.15, 0.2) is 36.5 Å². The average Bonchev–Trinajstić information content (AvgIpc) is 3.93. The Morgan fingerprint density at radius 2 is 1.13 bits per heavy atom. The normalized spacial score (nSPS) is 16.8. The van der Waals surface area contributed by atoms with Crippen LogP contribution in [0.2, 0.25) is 0 Å². The third-order valence-corrected chi connectivity index (χ3v) is 10.9. The van der Waals surface area contributed by atoms with Crippen LogP contribution in [0.1, 0.15) is 220 Å². The molecule has 1 aliphatic heterocycles. The van der Waals surface area contributed by atoms with Crippen molar-refractivity contribution in [2.75, 3.05) is 13.2 Å². The number of unbranched alkanes of at least 4 members (excludes halogenated alkanes) is 20. The predicted molar refractivity (Wildman–Crippen MR) is 228 cm³/mol. The molecule has 0 aromatic carbocycles. The average molecular weight is 759 g/mol. The third-order valence-electron chi connectivity index (χ3n) is 10.9. The van der Waals surface area contributed by atoms with E-state index in [9.17, 15) is 14.7 Å². The molecule has 1 N–H and O–H groups in total. The van der Waals surface area contributed by atoms with E-state index in [1.165, 1.54) is 135 Å². The highest BCUT2D eigenvalue weighted by Gasteiger charge is 2.36. The van der Waals surface area contributed by atoms with Gasteiger partial charge in [0.15, 0.2) is 6.10 Å². The number of allylic oxidation sites excluding steroid dienone is 5. The summed E-state index contributed by atoms with van der Waals surface area (Å²) in [6.45, 7) is 6.46. The number of hydrogen-bond acceptors (Lipinski definition) is 6. The number of aliphatic hydroxyl groups excluding tert-OH is 1. The maximum atomic E-state index is 12.3. The van der Waals surface area contributed by atoms with E-state index in [0.29, 0.717) is 19.3 Å². The van der Waals surface area contributed by atoms with Gasteiger partial charge >= 0.3 is 11.9 Å². The number of esters is 2. The Kier molecular flexibility index (Phi) is 35.2. The van der Waals surface area contributed by atoms with Crippen LogP contribution in [0.3, 0.4) is 0 Å². The summed E-state index contributed by atoms with van der Waals surface area (Å²) in [6.07, 6.45) is 49.5. The Hall–Kier alpha value is -1.92. The molecule has 0 radical (unpaired) electrons. The topological polar surface area (TPSA) is 85.4 Å². The zero-order valence-electron chi connectivity index (χ0n) is 35.6. The Morgan fingerprint density at radius 3 is 1.69 bits per heavy atom. The summed E-state index contributed by atoms with van der Waals surface area (Å²) in [6, 6.07) is 0. The first-order chi connectivity index (χ1) is 26.5. The van der Waals surface area contributed by atoms with Crippen LogP contribution in [-0.4, -0.2) is 48.6 Å². The first-order valence-electron chi connectivity index (χ1n) is 23.1. The third kappa shape index (κ3) is 33.4. The highest BCUT2D eigenvalue weighted by Crippen LogP contribution is 2.30. The van der Waals surface area contributed by atoms with Crippen LogP contribution in [-0.2, 0) is 23.8 Å². The van der Waals surface area contributed by atoms with Gasteiger partial charge < -0.3 is 19.3 Å². The minimum Gasteiger partial charge on any atom is -0.462 e. The van der Waals surface area contributed by atoms with E-state index in [1.54, 1.807) is 0 Å². The molecule has 6 heteroatoms. The molecule has 0 spiro atoms. The van der Waals surface area contributed by atoms with E-state index >= 15 is 0 Å². The van der Waals surface area contributed by atoms with Gasteiger partial charge in [0.2, 0.25) is 0 Å². The zero-order chi connectivity index (χ0) is 39.2. The lowest BCUT2D eigenvalue weighted by molar-refractivity contribution is -0.161. The lowest BCUT2D eigenvalue weighted by Crippen LogP contribution is -2.28. The highest BCUT2D eigenvalue weighted by atomic mass is 16.6. The second-order valence-corrected chi connectivity index (χ2v) is 16.1. The standard InChI is InChI=1S/C48H86O6/c1-4-6-7-8-9-10-11-21-24-27-30-33-37-45-46(54-45)38-35-40-47(50)52-42-44(41-49)53-48(51)39-34-31-28-25-22-19-17-15-13-12-14-16-18-20-23-26-29-32-36-43(3)5-2/h9-10,21,24,30,33,43-46,49H,4-8,11-20,22-23,25-29,31-32,34-42H2,1-3H3/b10-9-,24-21-,33-30-/t43?,44-,45?,46?/m0/s1. The van der Waals surface area contributed by atoms with Crippen molar-refractivity contribution in [3.8, 4) is 0 Å². The Bertz CT molecular complexity index is 941. The molecule has 314 valence electrons. The molecule has 4 atom stereocenters. The molecule has 54 heavy (non-hydrogen) atoms. The molecule has 0 aromatic heterocycles. The predicted octanol–water partition coefficient (Wildman–Crippen LogP) is 13.6. The fourth-order valence-electron chi connectivity index (χ4n) is 6.91. The van der Waals surface area contributed by atoms with Gasteiger partial charge in [0, 0.05) is 12.8 Å². The molecule has 0 saturated carbocycles. The number of carbonyl (C=O) groups is 2. The van der Waals surface area contributed by atoms with Crippen LogP contribution in [0.25, 0.3) is 0 Å². The summed E-state index contributed by atoms with van der Waals surface area (Å²) < 4.78 is 16.4. The van der Waals surface area contributed by atoms with E-state index < -0.39 is 6.10 Å². The number of epoxide rings is 1. The Balaban J connectivity index is 1.88. The molecule has 1 heterocycles. The second-order valence-electron chi connectivity index (χ2n) is 16.1. The van der Waals surface area contributed by atoms with Crippen LogP contribution >= 0.6 is 0 Å². The van der Waals surface area contributed by atoms with Crippen LogP contribution < -0.4 is 0 Å². The highest BCUT2D eigenvalue weighted by molar-refractivity contribution is 5.70. The molecular formula is C48H86O6. The monoisotopic (exact) mass is 759 g/mol. The lowest BCUT2D eigenvalue weighted by atomic mass is 9.99. The molecule has 1 saturated heterocycles. The van der Waals surface area contributed by atoms with E-state index in [1.807, 2.05) is 0 Å². The van der Waals surface area contributed by atoms with E-state index in [0.717, 1.165) is 50.9 Å². The first-order valence-corrected chi connectivity index (χ1v) is 23.1. The molecule has 6 nitrogen and oxygen atoms in total. The van der Waals surface area contributed by atoms with Gasteiger partial charge in [0.05, 0.1) is 18.8 Å². The molecule has 0 aliphatic carbocycles. The van der Waals surface area contributed by atoms with E-state index in [4.69, 9.17) is 14.2 Å². The first kappa shape index (κ1) is 50.1. The fraction of sp³-hybridized carbons (Fsp3) is 0.833. The molecule has 0 bridgehead atoms. The molecule has 1 fully saturated rings. The number of aliphatic hydroxyl groups is 1. The number of rotatable bonds is 40. The van der Waals surface area contributed by atoms with Crippen molar-refractivity contribution >= 4 is 11.9 Å². The Labute approximate surface area is 333 Å². The van der Waals surface area contributed by atoms with Crippen molar-refractivity contribution in [3.05, 3.63) is 36.5 Å². The summed E-state index contributed by atoms with van der Waals surface area (Å²) in [5.41, 5.74) is 0. The zero-order valence-corrected chi connectivity index (χ0v) is 35.6. The maximum Gasteiger partial charge on any atom is 0.306 e. The van der Waals surface area contributed by atoms with E-state index in [-0.39, 0.29) is 37.4 Å². The Morgan fingerprint density at radius 1 is 0.611 bits per heavy atom. The second kappa shape index (κ2) is 38.0. The van der Waals surface area contributed by atoms with Gasteiger partial charge in [-0.1, -0.05) is 192 Å². The van der Waals surface area contributed by atoms with Gasteiger partial charge in [-0.15, -0.1) is 0 Å². The molecule has 1 rings (SSSR count). The minimum absolute atomic E-state index is 0.100. The SMILES string of the molecule is CCCCC/C=C\C/C=C\C/C=C\CC1OC1CCCC(=O)OC[C@H](CO)OC(=O)CCCCCCCCCCCCCCCCCCCCC(C)CC. The largest absolute Gasteiger partial charge is 0.462 e. The van der Waals surface area contributed by atoms with Crippen LogP contribution in [0.4, 0.5) is 0 Å². The smallest absolute Gasteiger partial charge is 0.306 e. The van der Waals surface area contributed by atoms with Crippen molar-refractivity contribution in [2.45, 2.75) is 238 Å². The number of ether oxygens (including phenoxy) is 3.